The minimum Gasteiger partial charge on any atom is -0.473 e. The summed E-state index contributed by atoms with van der Waals surface area (Å²) in [6.07, 6.45) is 4.13. The molecule has 0 bridgehead atoms. The van der Waals surface area contributed by atoms with Gasteiger partial charge in [-0.2, -0.15) is 0 Å². The SMILES string of the molecule is O=C(Nc1ccc2c(c1)nc(CN1CC=C(c3cccc(OCc4ccc(Cl)cc4F)n3)CC1)n2C[C@@H]1CCO1)c1ccc2[nH]c(=O)[nH]c2c1. The number of carbonyl (C=O) groups excluding carboxylic acids is 1. The highest BCUT2D eigenvalue weighted by Crippen LogP contribution is 2.28. The molecule has 11 nitrogen and oxygen atoms in total. The standard InChI is InChI=1S/C37H33ClFN7O4/c38-25-6-4-24(28(39)17-25)21-50-35-3-1-2-29(42-35)22-10-13-45(14-11-22)20-34-41-32-18-26(7-9-33(32)46(34)19-27-12-15-49-27)40-36(47)23-5-8-30-31(16-23)44-37(48)43-30/h1-10,16-18,27H,11-15,19-21H2,(H,40,47)(H2,43,44,48)/t27-/m0/s1. The van der Waals surface area contributed by atoms with Crippen LogP contribution in [0.25, 0.3) is 27.6 Å². The number of amides is 1. The van der Waals surface area contributed by atoms with E-state index in [9.17, 15) is 14.0 Å². The van der Waals surface area contributed by atoms with Crippen LogP contribution in [0.4, 0.5) is 10.1 Å². The Morgan fingerprint density at radius 1 is 1.06 bits per heavy atom. The second kappa shape index (κ2) is 13.5. The van der Waals surface area contributed by atoms with Crippen LogP contribution in [0.1, 0.15) is 40.3 Å². The van der Waals surface area contributed by atoms with Gasteiger partial charge in [0.05, 0.1) is 47.0 Å². The van der Waals surface area contributed by atoms with E-state index in [0.717, 1.165) is 60.7 Å². The van der Waals surface area contributed by atoms with Gasteiger partial charge in [0, 0.05) is 47.6 Å². The zero-order chi connectivity index (χ0) is 34.2. The third-order valence-corrected chi connectivity index (χ3v) is 9.38. The van der Waals surface area contributed by atoms with Crippen molar-refractivity contribution in [3.63, 3.8) is 0 Å². The molecule has 6 aromatic rings. The van der Waals surface area contributed by atoms with Gasteiger partial charge in [0.1, 0.15) is 18.2 Å². The zero-order valence-corrected chi connectivity index (χ0v) is 27.7. The smallest absolute Gasteiger partial charge is 0.323 e. The number of hydrogen-bond donors (Lipinski definition) is 3. The van der Waals surface area contributed by atoms with Crippen molar-refractivity contribution >= 4 is 50.8 Å². The molecule has 3 aromatic carbocycles. The molecule has 50 heavy (non-hydrogen) atoms. The first-order valence-corrected chi connectivity index (χ1v) is 16.8. The van der Waals surface area contributed by atoms with Crippen molar-refractivity contribution in [2.24, 2.45) is 0 Å². The van der Waals surface area contributed by atoms with Crippen LogP contribution in [0.5, 0.6) is 5.88 Å². The van der Waals surface area contributed by atoms with E-state index in [1.165, 1.54) is 6.07 Å². The maximum atomic E-state index is 14.2. The summed E-state index contributed by atoms with van der Waals surface area (Å²) >= 11 is 5.87. The molecule has 1 amide bonds. The average Bonchev–Trinajstić information content (AvgIpc) is 3.64. The zero-order valence-electron chi connectivity index (χ0n) is 26.9. The van der Waals surface area contributed by atoms with E-state index in [2.05, 4.69) is 35.8 Å². The predicted octanol–water partition coefficient (Wildman–Crippen LogP) is 6.30. The summed E-state index contributed by atoms with van der Waals surface area (Å²) in [5.41, 5.74) is 6.10. The fourth-order valence-corrected chi connectivity index (χ4v) is 6.50. The van der Waals surface area contributed by atoms with Crippen LogP contribution < -0.4 is 15.7 Å². The van der Waals surface area contributed by atoms with E-state index < -0.39 is 5.82 Å². The number of H-pyrrole nitrogens is 2. The number of nitrogens with one attached hydrogen (secondary N) is 3. The van der Waals surface area contributed by atoms with Gasteiger partial charge in [0.25, 0.3) is 5.91 Å². The second-order valence-corrected chi connectivity index (χ2v) is 13.0. The molecule has 1 atom stereocenters. The molecule has 1 fully saturated rings. The molecule has 0 unspecified atom stereocenters. The van der Waals surface area contributed by atoms with Crippen LogP contribution in [0.15, 0.2) is 83.7 Å². The molecule has 8 rings (SSSR count). The normalized spacial score (nSPS) is 16.4. The first-order valence-electron chi connectivity index (χ1n) is 16.4. The number of aromatic nitrogens is 5. The second-order valence-electron chi connectivity index (χ2n) is 12.5. The van der Waals surface area contributed by atoms with E-state index in [0.29, 0.717) is 51.8 Å². The van der Waals surface area contributed by atoms with Gasteiger partial charge < -0.3 is 29.3 Å². The quantitative estimate of drug-likeness (QED) is 0.154. The Labute approximate surface area is 290 Å². The molecule has 0 radical (unpaired) electrons. The van der Waals surface area contributed by atoms with Crippen LogP contribution in [0.3, 0.4) is 0 Å². The number of imidazole rings is 2. The summed E-state index contributed by atoms with van der Waals surface area (Å²) < 4.78 is 28.0. The van der Waals surface area contributed by atoms with Crippen molar-refractivity contribution in [1.29, 1.82) is 0 Å². The van der Waals surface area contributed by atoms with E-state index in [4.69, 9.17) is 26.1 Å². The molecule has 0 aliphatic carbocycles. The van der Waals surface area contributed by atoms with Crippen molar-refractivity contribution in [2.45, 2.75) is 38.6 Å². The number of nitrogens with zero attached hydrogens (tertiary/aromatic N) is 4. The van der Waals surface area contributed by atoms with Crippen LogP contribution in [0.2, 0.25) is 5.02 Å². The number of pyridine rings is 1. The van der Waals surface area contributed by atoms with Gasteiger partial charge in [-0.3, -0.25) is 9.69 Å². The van der Waals surface area contributed by atoms with Crippen molar-refractivity contribution in [1.82, 2.24) is 29.4 Å². The van der Waals surface area contributed by atoms with Crippen molar-refractivity contribution in [3.05, 3.63) is 123 Å². The lowest BCUT2D eigenvalue weighted by Crippen LogP contribution is -2.33. The third-order valence-electron chi connectivity index (χ3n) is 9.14. The van der Waals surface area contributed by atoms with Gasteiger partial charge in [-0.25, -0.2) is 19.2 Å². The Kier molecular flexibility index (Phi) is 8.65. The maximum Gasteiger partial charge on any atom is 0.323 e. The Hall–Kier alpha value is -5.30. The lowest BCUT2D eigenvalue weighted by Gasteiger charge is -2.29. The molecule has 3 N–H and O–H groups in total. The Bertz CT molecular complexity index is 2330. The highest BCUT2D eigenvalue weighted by atomic mass is 35.5. The van der Waals surface area contributed by atoms with Crippen molar-refractivity contribution < 1.29 is 18.7 Å². The topological polar surface area (TPSA) is 130 Å². The number of ether oxygens (including phenoxy) is 2. The highest BCUT2D eigenvalue weighted by Gasteiger charge is 2.24. The molecule has 13 heteroatoms. The number of carbonyl (C=O) groups is 1. The Morgan fingerprint density at radius 2 is 1.94 bits per heavy atom. The lowest BCUT2D eigenvalue weighted by molar-refractivity contribution is -0.0591. The monoisotopic (exact) mass is 693 g/mol. The van der Waals surface area contributed by atoms with E-state index >= 15 is 0 Å². The van der Waals surface area contributed by atoms with Gasteiger partial charge in [-0.1, -0.05) is 29.8 Å². The Morgan fingerprint density at radius 3 is 2.74 bits per heavy atom. The summed E-state index contributed by atoms with van der Waals surface area (Å²) in [4.78, 5) is 42.2. The van der Waals surface area contributed by atoms with Crippen LogP contribution in [-0.2, 0) is 24.4 Å². The number of fused-ring (bicyclic) bond motifs is 2. The first-order chi connectivity index (χ1) is 24.3. The van der Waals surface area contributed by atoms with Gasteiger partial charge >= 0.3 is 5.69 Å². The molecule has 0 spiro atoms. The molecule has 254 valence electrons. The summed E-state index contributed by atoms with van der Waals surface area (Å²) in [5.74, 6) is 0.668. The third kappa shape index (κ3) is 6.77. The van der Waals surface area contributed by atoms with E-state index in [-0.39, 0.29) is 24.3 Å². The largest absolute Gasteiger partial charge is 0.473 e. The summed E-state index contributed by atoms with van der Waals surface area (Å²) in [6, 6.07) is 20.9. The highest BCUT2D eigenvalue weighted by molar-refractivity contribution is 6.30. The lowest BCUT2D eigenvalue weighted by atomic mass is 10.0. The van der Waals surface area contributed by atoms with Gasteiger partial charge in [0.2, 0.25) is 5.88 Å². The molecule has 2 aliphatic rings. The minimum atomic E-state index is -0.410. The fourth-order valence-electron chi connectivity index (χ4n) is 6.34. The number of rotatable bonds is 10. The maximum absolute atomic E-state index is 14.2. The number of aromatic amines is 2. The van der Waals surface area contributed by atoms with Gasteiger partial charge in [0.15, 0.2) is 0 Å². The number of hydrogen-bond acceptors (Lipinski definition) is 7. The predicted molar refractivity (Wildman–Crippen MR) is 189 cm³/mol. The molecular formula is C37H33ClFN7O4. The molecule has 2 aliphatic heterocycles. The summed E-state index contributed by atoms with van der Waals surface area (Å²) in [5, 5.41) is 3.31. The first kappa shape index (κ1) is 31.9. The number of anilines is 1. The van der Waals surface area contributed by atoms with E-state index in [1.54, 1.807) is 36.4 Å². The van der Waals surface area contributed by atoms with Crippen molar-refractivity contribution in [2.75, 3.05) is 25.0 Å². The van der Waals surface area contributed by atoms with Crippen LogP contribution in [-0.4, -0.2) is 61.1 Å². The molecular weight excluding hydrogens is 661 g/mol. The van der Waals surface area contributed by atoms with Crippen LogP contribution in [0, 0.1) is 5.82 Å². The fraction of sp³-hybridized carbons (Fsp3) is 0.243. The molecule has 1 saturated heterocycles. The molecule has 5 heterocycles. The van der Waals surface area contributed by atoms with E-state index in [1.807, 2.05) is 30.3 Å². The van der Waals surface area contributed by atoms with Crippen molar-refractivity contribution in [3.8, 4) is 5.88 Å². The number of halogens is 2. The van der Waals surface area contributed by atoms with Gasteiger partial charge in [-0.15, -0.1) is 0 Å². The minimum absolute atomic E-state index is 0.0560. The summed E-state index contributed by atoms with van der Waals surface area (Å²) in [7, 11) is 0. The van der Waals surface area contributed by atoms with Gasteiger partial charge in [-0.05, 0) is 73.0 Å². The Balaban J connectivity index is 0.961. The molecule has 3 aromatic heterocycles. The number of benzene rings is 3. The average molecular weight is 694 g/mol. The van der Waals surface area contributed by atoms with Crippen LogP contribution >= 0.6 is 11.6 Å². The summed E-state index contributed by atoms with van der Waals surface area (Å²) in [6.45, 7) is 3.71. The molecule has 0 saturated carbocycles.